The van der Waals surface area contributed by atoms with Gasteiger partial charge in [0.05, 0.1) is 0 Å². The van der Waals surface area contributed by atoms with E-state index in [-0.39, 0.29) is 24.2 Å². The molecule has 1 aliphatic carbocycles. The summed E-state index contributed by atoms with van der Waals surface area (Å²) in [5, 5.41) is 12.2. The van der Waals surface area contributed by atoms with E-state index in [1.54, 1.807) is 0 Å². The van der Waals surface area contributed by atoms with Crippen molar-refractivity contribution in [1.82, 2.24) is 5.32 Å². The van der Waals surface area contributed by atoms with Gasteiger partial charge in [0.2, 0.25) is 0 Å². The van der Waals surface area contributed by atoms with Gasteiger partial charge in [0.1, 0.15) is 5.60 Å². The molecule has 0 spiro atoms. The Morgan fingerprint density at radius 1 is 1.42 bits per heavy atom. The normalized spacial score (nSPS) is 29.7. The first-order valence-electron chi connectivity index (χ1n) is 7.27. The molecule has 4 heteroatoms. The van der Waals surface area contributed by atoms with Gasteiger partial charge < -0.3 is 15.2 Å². The van der Waals surface area contributed by atoms with Crippen LogP contribution in [0.3, 0.4) is 0 Å². The topological polar surface area (TPSA) is 58.6 Å². The van der Waals surface area contributed by atoms with E-state index in [2.05, 4.69) is 19.2 Å². The molecule has 0 bridgehead atoms. The summed E-state index contributed by atoms with van der Waals surface area (Å²) in [7, 11) is 0. The Kier molecular flexibility index (Phi) is 5.25. The third-order valence-electron chi connectivity index (χ3n) is 4.31. The van der Waals surface area contributed by atoms with Crippen LogP contribution in [0, 0.1) is 11.3 Å². The Hall–Kier alpha value is -0.770. The summed E-state index contributed by atoms with van der Waals surface area (Å²) in [4.78, 5) is 11.7. The molecule has 0 aromatic carbocycles. The highest BCUT2D eigenvalue weighted by atomic mass is 16.6. The third-order valence-corrected chi connectivity index (χ3v) is 4.31. The number of ether oxygens (including phenoxy) is 1. The number of carbonyl (C=O) groups excluding carboxylic acids is 1. The molecular weight excluding hydrogens is 242 g/mol. The monoisotopic (exact) mass is 271 g/mol. The fourth-order valence-electron chi connectivity index (χ4n) is 2.61. The Morgan fingerprint density at radius 2 is 1.95 bits per heavy atom. The molecule has 2 N–H and O–H groups in total. The minimum atomic E-state index is -0.446. The highest BCUT2D eigenvalue weighted by Crippen LogP contribution is 2.41. The first-order chi connectivity index (χ1) is 8.66. The number of hydrogen-bond acceptors (Lipinski definition) is 3. The van der Waals surface area contributed by atoms with Gasteiger partial charge in [0.15, 0.2) is 0 Å². The van der Waals surface area contributed by atoms with Crippen LogP contribution in [0.1, 0.15) is 60.3 Å². The molecular formula is C15H29NO3. The number of nitrogens with one attached hydrogen (secondary N) is 1. The molecule has 1 saturated carbocycles. The lowest BCUT2D eigenvalue weighted by Crippen LogP contribution is -2.44. The molecule has 112 valence electrons. The molecule has 0 aromatic rings. The predicted octanol–water partition coefficient (Wildman–Crippen LogP) is 3.09. The van der Waals surface area contributed by atoms with E-state index in [4.69, 9.17) is 4.74 Å². The van der Waals surface area contributed by atoms with Crippen LogP contribution in [-0.4, -0.2) is 29.4 Å². The lowest BCUT2D eigenvalue weighted by molar-refractivity contribution is 0.0402. The highest BCUT2D eigenvalue weighted by molar-refractivity contribution is 5.68. The number of hydrogen-bond donors (Lipinski definition) is 2. The zero-order chi connectivity index (χ0) is 14.7. The van der Waals surface area contributed by atoms with Gasteiger partial charge in [-0.05, 0) is 57.8 Å². The summed E-state index contributed by atoms with van der Waals surface area (Å²) in [5.74, 6) is 0.315. The van der Waals surface area contributed by atoms with Gasteiger partial charge in [0, 0.05) is 12.6 Å². The second-order valence-corrected chi connectivity index (χ2v) is 7.16. The van der Waals surface area contributed by atoms with Crippen LogP contribution in [0.2, 0.25) is 0 Å². The first kappa shape index (κ1) is 16.3. The number of carbonyl (C=O) groups is 1. The maximum Gasteiger partial charge on any atom is 0.407 e. The van der Waals surface area contributed by atoms with E-state index >= 15 is 0 Å². The van der Waals surface area contributed by atoms with Crippen LogP contribution >= 0.6 is 0 Å². The van der Waals surface area contributed by atoms with E-state index in [0.717, 1.165) is 25.7 Å². The lowest BCUT2D eigenvalue weighted by Gasteiger charge is -2.41. The summed E-state index contributed by atoms with van der Waals surface area (Å²) in [5.41, 5.74) is -0.250. The fraction of sp³-hybridized carbons (Fsp3) is 0.933. The van der Waals surface area contributed by atoms with Crippen LogP contribution < -0.4 is 5.32 Å². The zero-order valence-electron chi connectivity index (χ0n) is 13.0. The second-order valence-electron chi connectivity index (χ2n) is 7.16. The SMILES string of the molecule is C[C@H](CO)C1(C)CCC(NC(=O)OC(C)(C)C)CC1. The van der Waals surface area contributed by atoms with E-state index in [9.17, 15) is 9.90 Å². The lowest BCUT2D eigenvalue weighted by atomic mass is 9.67. The van der Waals surface area contributed by atoms with Crippen molar-refractivity contribution < 1.29 is 14.6 Å². The fourth-order valence-corrected chi connectivity index (χ4v) is 2.61. The van der Waals surface area contributed by atoms with Crippen molar-refractivity contribution in [2.75, 3.05) is 6.61 Å². The van der Waals surface area contributed by atoms with Gasteiger partial charge in [-0.1, -0.05) is 13.8 Å². The number of amides is 1. The van der Waals surface area contributed by atoms with Gasteiger partial charge in [-0.3, -0.25) is 0 Å². The molecule has 1 atom stereocenters. The second kappa shape index (κ2) is 6.12. The van der Waals surface area contributed by atoms with Gasteiger partial charge in [-0.15, -0.1) is 0 Å². The Labute approximate surface area is 116 Å². The molecule has 1 aliphatic rings. The largest absolute Gasteiger partial charge is 0.444 e. The Balaban J connectivity index is 2.40. The maximum absolute atomic E-state index is 11.7. The van der Waals surface area contributed by atoms with Gasteiger partial charge >= 0.3 is 6.09 Å². The van der Waals surface area contributed by atoms with Crippen molar-refractivity contribution in [1.29, 1.82) is 0 Å². The average Bonchev–Trinajstić information content (AvgIpc) is 2.29. The van der Waals surface area contributed by atoms with Crippen molar-refractivity contribution in [3.8, 4) is 0 Å². The van der Waals surface area contributed by atoms with Crippen LogP contribution in [0.5, 0.6) is 0 Å². The van der Waals surface area contributed by atoms with E-state index < -0.39 is 5.60 Å². The summed E-state index contributed by atoms with van der Waals surface area (Å²) in [6, 6.07) is 0.203. The molecule has 0 unspecified atom stereocenters. The molecule has 1 amide bonds. The molecule has 1 fully saturated rings. The molecule has 0 saturated heterocycles. The molecule has 19 heavy (non-hydrogen) atoms. The molecule has 0 heterocycles. The Bertz CT molecular complexity index is 301. The van der Waals surface area contributed by atoms with Crippen LogP contribution in [0.25, 0.3) is 0 Å². The molecule has 1 rings (SSSR count). The summed E-state index contributed by atoms with van der Waals surface area (Å²) in [6.07, 6.45) is 3.67. The number of rotatable bonds is 3. The van der Waals surface area contributed by atoms with Gasteiger partial charge in [-0.2, -0.15) is 0 Å². The molecule has 0 aliphatic heterocycles. The van der Waals surface area contributed by atoms with Crippen LogP contribution in [-0.2, 0) is 4.74 Å². The Morgan fingerprint density at radius 3 is 2.37 bits per heavy atom. The van der Waals surface area contributed by atoms with Crippen LogP contribution in [0.4, 0.5) is 4.79 Å². The van der Waals surface area contributed by atoms with E-state index in [1.165, 1.54) is 0 Å². The smallest absolute Gasteiger partial charge is 0.407 e. The van der Waals surface area contributed by atoms with Crippen LogP contribution in [0.15, 0.2) is 0 Å². The molecule has 4 nitrogen and oxygen atoms in total. The highest BCUT2D eigenvalue weighted by Gasteiger charge is 2.36. The van der Waals surface area contributed by atoms with Crippen molar-refractivity contribution in [3.63, 3.8) is 0 Å². The summed E-state index contributed by atoms with van der Waals surface area (Å²) >= 11 is 0. The van der Waals surface area contributed by atoms with E-state index in [1.807, 2.05) is 20.8 Å². The van der Waals surface area contributed by atoms with Gasteiger partial charge in [0.25, 0.3) is 0 Å². The standard InChI is InChI=1S/C15H29NO3/c1-11(10-17)15(5)8-6-12(7-9-15)16-13(18)19-14(2,3)4/h11-12,17H,6-10H2,1-5H3,(H,16,18)/t11-,12?,15?/m1/s1. The number of aliphatic hydroxyl groups excluding tert-OH is 1. The summed E-state index contributed by atoms with van der Waals surface area (Å²) in [6.45, 7) is 10.2. The average molecular weight is 271 g/mol. The minimum absolute atomic E-state index is 0.195. The maximum atomic E-state index is 11.7. The minimum Gasteiger partial charge on any atom is -0.444 e. The third kappa shape index (κ3) is 5.01. The quantitative estimate of drug-likeness (QED) is 0.829. The van der Waals surface area contributed by atoms with Gasteiger partial charge in [-0.25, -0.2) is 4.79 Å². The summed E-state index contributed by atoms with van der Waals surface area (Å²) < 4.78 is 5.27. The predicted molar refractivity (Wildman–Crippen MR) is 76.0 cm³/mol. The van der Waals surface area contributed by atoms with Crippen molar-refractivity contribution >= 4 is 6.09 Å². The van der Waals surface area contributed by atoms with E-state index in [0.29, 0.717) is 5.92 Å². The molecule has 0 radical (unpaired) electrons. The number of alkyl carbamates (subject to hydrolysis) is 1. The molecule has 0 aromatic heterocycles. The number of aliphatic hydroxyl groups is 1. The van der Waals surface area contributed by atoms with Crippen molar-refractivity contribution in [2.24, 2.45) is 11.3 Å². The van der Waals surface area contributed by atoms with Crippen molar-refractivity contribution in [3.05, 3.63) is 0 Å². The van der Waals surface area contributed by atoms with Crippen molar-refractivity contribution in [2.45, 2.75) is 71.9 Å². The zero-order valence-corrected chi connectivity index (χ0v) is 13.0. The first-order valence-corrected chi connectivity index (χ1v) is 7.27.